The molecular formula is C25H21N5O4. The number of hydrogen-bond acceptors (Lipinski definition) is 5. The highest BCUT2D eigenvalue weighted by atomic mass is 16.5. The Balaban J connectivity index is 1.77. The van der Waals surface area contributed by atoms with E-state index in [0.29, 0.717) is 33.5 Å². The number of hydrogen-bond donors (Lipinski definition) is 5. The number of nitrogen functional groups attached to an aromatic ring is 2. The van der Waals surface area contributed by atoms with Crippen molar-refractivity contribution in [2.75, 3.05) is 0 Å². The molecule has 0 spiro atoms. The molecule has 1 heterocycles. The lowest BCUT2D eigenvalue weighted by atomic mass is 10.1. The van der Waals surface area contributed by atoms with Crippen molar-refractivity contribution in [1.29, 1.82) is 10.8 Å². The molecule has 0 aliphatic rings. The molecule has 34 heavy (non-hydrogen) atoms. The van der Waals surface area contributed by atoms with Gasteiger partial charge >= 0.3 is 5.97 Å². The van der Waals surface area contributed by atoms with Crippen molar-refractivity contribution in [3.05, 3.63) is 105 Å². The molecule has 9 nitrogen and oxygen atoms in total. The molecule has 0 saturated heterocycles. The molecule has 7 N–H and O–H groups in total. The van der Waals surface area contributed by atoms with Crippen LogP contribution in [0.1, 0.15) is 27.0 Å². The van der Waals surface area contributed by atoms with Gasteiger partial charge in [-0.1, -0.05) is 36.4 Å². The number of nitrogens with zero attached hydrogens (tertiary/aromatic N) is 1. The summed E-state index contributed by atoms with van der Waals surface area (Å²) < 4.78 is 7.35. The van der Waals surface area contributed by atoms with Gasteiger partial charge in [-0.15, -0.1) is 0 Å². The molecule has 4 aromatic rings. The normalized spacial score (nSPS) is 10.7. The zero-order valence-electron chi connectivity index (χ0n) is 17.9. The second-order valence-corrected chi connectivity index (χ2v) is 7.62. The maximum atomic E-state index is 12.8. The van der Waals surface area contributed by atoms with Crippen LogP contribution in [-0.2, 0) is 6.54 Å². The second kappa shape index (κ2) is 8.91. The highest BCUT2D eigenvalue weighted by molar-refractivity contribution is 6.03. The number of aromatic nitrogens is 1. The van der Waals surface area contributed by atoms with Gasteiger partial charge in [0.15, 0.2) is 0 Å². The molecule has 0 saturated carbocycles. The fraction of sp³-hybridized carbons (Fsp3) is 0.0400. The Hall–Kier alpha value is -4.92. The second-order valence-electron chi connectivity index (χ2n) is 7.62. The van der Waals surface area contributed by atoms with Crippen LogP contribution in [0.2, 0.25) is 0 Å². The minimum atomic E-state index is -1.23. The minimum Gasteiger partial charge on any atom is -0.478 e. The van der Waals surface area contributed by atoms with Gasteiger partial charge in [0.1, 0.15) is 23.2 Å². The van der Waals surface area contributed by atoms with Crippen molar-refractivity contribution >= 4 is 28.5 Å². The zero-order chi connectivity index (χ0) is 24.4. The van der Waals surface area contributed by atoms with E-state index in [4.69, 9.17) is 27.0 Å². The first-order chi connectivity index (χ1) is 16.2. The van der Waals surface area contributed by atoms with Gasteiger partial charge in [-0.25, -0.2) is 4.79 Å². The Morgan fingerprint density at radius 2 is 1.56 bits per heavy atom. The Morgan fingerprint density at radius 3 is 2.21 bits per heavy atom. The average Bonchev–Trinajstić information content (AvgIpc) is 2.81. The van der Waals surface area contributed by atoms with Gasteiger partial charge in [0.25, 0.3) is 5.56 Å². The molecular weight excluding hydrogens is 434 g/mol. The van der Waals surface area contributed by atoms with E-state index in [1.165, 1.54) is 4.57 Å². The van der Waals surface area contributed by atoms with Gasteiger partial charge in [0.05, 0.1) is 17.6 Å². The largest absolute Gasteiger partial charge is 0.478 e. The molecule has 0 atom stereocenters. The smallest absolute Gasteiger partial charge is 0.336 e. The van der Waals surface area contributed by atoms with E-state index in [9.17, 15) is 14.7 Å². The molecule has 1 aromatic heterocycles. The van der Waals surface area contributed by atoms with Gasteiger partial charge in [-0.05, 0) is 35.9 Å². The number of nitrogens with two attached hydrogens (primary N) is 2. The summed E-state index contributed by atoms with van der Waals surface area (Å²) in [4.78, 5) is 24.7. The maximum Gasteiger partial charge on any atom is 0.336 e. The molecule has 9 heteroatoms. The number of pyridine rings is 1. The summed E-state index contributed by atoms with van der Waals surface area (Å²) in [6.07, 6.45) is 0. The van der Waals surface area contributed by atoms with Crippen LogP contribution < -0.4 is 21.8 Å². The Morgan fingerprint density at radius 1 is 0.882 bits per heavy atom. The van der Waals surface area contributed by atoms with E-state index in [1.807, 2.05) is 0 Å². The fourth-order valence-electron chi connectivity index (χ4n) is 3.60. The number of carboxylic acid groups (broad SMARTS) is 1. The van der Waals surface area contributed by atoms with Crippen LogP contribution in [0.15, 0.2) is 77.6 Å². The minimum absolute atomic E-state index is 0.0543. The molecule has 0 fully saturated rings. The number of benzene rings is 3. The van der Waals surface area contributed by atoms with Gasteiger partial charge in [-0.3, -0.25) is 15.6 Å². The number of fused-ring (bicyclic) bond motifs is 1. The summed E-state index contributed by atoms with van der Waals surface area (Å²) in [7, 11) is 0. The van der Waals surface area contributed by atoms with Crippen molar-refractivity contribution < 1.29 is 14.6 Å². The first-order valence-corrected chi connectivity index (χ1v) is 10.2. The van der Waals surface area contributed by atoms with Gasteiger partial charge in [-0.2, -0.15) is 0 Å². The van der Waals surface area contributed by atoms with Crippen LogP contribution in [0, 0.1) is 10.8 Å². The van der Waals surface area contributed by atoms with E-state index in [1.54, 1.807) is 66.7 Å². The molecule has 0 amide bonds. The predicted molar refractivity (Wildman–Crippen MR) is 129 cm³/mol. The van der Waals surface area contributed by atoms with Crippen LogP contribution in [0.4, 0.5) is 0 Å². The molecule has 0 radical (unpaired) electrons. The lowest BCUT2D eigenvalue weighted by Gasteiger charge is -2.14. The van der Waals surface area contributed by atoms with Crippen molar-refractivity contribution in [2.24, 2.45) is 11.5 Å². The topological polar surface area (TPSA) is 168 Å². The standard InChI is InChI=1S/C25H21N5O4/c26-23(27)15-6-4-14(5-7-15)13-30-21-9-8-18(11-19(21)20(25(32)33)12-22(30)31)34-17-3-1-2-16(10-17)24(28)29/h1-12H,13H2,(H3,26,27)(H3,28,29)(H,32,33). The summed E-state index contributed by atoms with van der Waals surface area (Å²) in [6.45, 7) is 0.203. The molecule has 3 aromatic carbocycles. The SMILES string of the molecule is N=C(N)c1ccc(Cn2c(=O)cc(C(=O)O)c3cc(Oc4cccc(C(=N)N)c4)ccc32)cc1. The summed E-state index contributed by atoms with van der Waals surface area (Å²) in [5.74, 6) is -0.580. The summed E-state index contributed by atoms with van der Waals surface area (Å²) in [5, 5.41) is 25.1. The maximum absolute atomic E-state index is 12.8. The Labute approximate surface area is 193 Å². The predicted octanol–water partition coefficient (Wildman–Crippen LogP) is 3.11. The van der Waals surface area contributed by atoms with Gasteiger partial charge in [0, 0.05) is 22.6 Å². The Kier molecular flexibility index (Phi) is 5.84. The van der Waals surface area contributed by atoms with Crippen molar-refractivity contribution in [1.82, 2.24) is 4.57 Å². The molecule has 0 aliphatic heterocycles. The fourth-order valence-corrected chi connectivity index (χ4v) is 3.60. The molecule has 0 unspecified atom stereocenters. The number of amidine groups is 2. The van der Waals surface area contributed by atoms with Gasteiger partial charge in [0.2, 0.25) is 0 Å². The number of nitrogens with one attached hydrogen (secondary N) is 2. The number of ether oxygens (including phenoxy) is 1. The van der Waals surface area contributed by atoms with Crippen molar-refractivity contribution in [3.63, 3.8) is 0 Å². The van der Waals surface area contributed by atoms with E-state index in [-0.39, 0.29) is 23.8 Å². The quantitative estimate of drug-likeness (QED) is 0.212. The number of rotatable bonds is 7. The molecule has 4 rings (SSSR count). The monoisotopic (exact) mass is 455 g/mol. The van der Waals surface area contributed by atoms with Crippen molar-refractivity contribution in [3.8, 4) is 11.5 Å². The first-order valence-electron chi connectivity index (χ1n) is 10.2. The van der Waals surface area contributed by atoms with Crippen LogP contribution in [-0.4, -0.2) is 27.3 Å². The van der Waals surface area contributed by atoms with E-state index >= 15 is 0 Å². The zero-order valence-corrected chi connectivity index (χ0v) is 17.9. The molecule has 170 valence electrons. The van der Waals surface area contributed by atoms with E-state index in [2.05, 4.69) is 0 Å². The lowest BCUT2D eigenvalue weighted by Crippen LogP contribution is -2.22. The van der Waals surface area contributed by atoms with Crippen molar-refractivity contribution in [2.45, 2.75) is 6.54 Å². The number of carboxylic acids is 1. The van der Waals surface area contributed by atoms with E-state index in [0.717, 1.165) is 11.6 Å². The van der Waals surface area contributed by atoms with Gasteiger partial charge < -0.3 is 25.9 Å². The summed E-state index contributed by atoms with van der Waals surface area (Å²) in [5.41, 5.74) is 12.7. The highest BCUT2D eigenvalue weighted by Gasteiger charge is 2.16. The first kappa shape index (κ1) is 22.3. The van der Waals surface area contributed by atoms with Crippen LogP contribution in [0.25, 0.3) is 10.9 Å². The number of aromatic carboxylic acids is 1. The third kappa shape index (κ3) is 4.49. The number of carbonyl (C=O) groups is 1. The molecule has 0 bridgehead atoms. The molecule has 0 aliphatic carbocycles. The third-order valence-corrected chi connectivity index (χ3v) is 5.30. The van der Waals surface area contributed by atoms with Crippen LogP contribution >= 0.6 is 0 Å². The highest BCUT2D eigenvalue weighted by Crippen LogP contribution is 2.28. The third-order valence-electron chi connectivity index (χ3n) is 5.30. The average molecular weight is 455 g/mol. The Bertz CT molecular complexity index is 1510. The van der Waals surface area contributed by atoms with Crippen LogP contribution in [0.5, 0.6) is 11.5 Å². The lowest BCUT2D eigenvalue weighted by molar-refractivity contribution is 0.0698. The van der Waals surface area contributed by atoms with Crippen LogP contribution in [0.3, 0.4) is 0 Å². The summed E-state index contributed by atoms with van der Waals surface area (Å²) in [6, 6.07) is 19.5. The summed E-state index contributed by atoms with van der Waals surface area (Å²) >= 11 is 0. The van der Waals surface area contributed by atoms with E-state index < -0.39 is 11.5 Å².